The van der Waals surface area contributed by atoms with Gasteiger partial charge in [-0.15, -0.1) is 0 Å². The number of hydrogen-bond acceptors (Lipinski definition) is 2. The summed E-state index contributed by atoms with van der Waals surface area (Å²) in [5, 5.41) is 0.739. The monoisotopic (exact) mass is 348 g/mol. The van der Waals surface area contributed by atoms with Crippen molar-refractivity contribution in [3.8, 4) is 11.4 Å². The summed E-state index contributed by atoms with van der Waals surface area (Å²) in [6.07, 6.45) is 0. The van der Waals surface area contributed by atoms with Crippen molar-refractivity contribution in [2.24, 2.45) is 7.05 Å². The molecule has 118 valence electrons. The Morgan fingerprint density at radius 3 is 2.48 bits per heavy atom. The van der Waals surface area contributed by atoms with Gasteiger partial charge in [-0.05, 0) is 30.3 Å². The van der Waals surface area contributed by atoms with Gasteiger partial charge in [0, 0.05) is 12.1 Å². The highest BCUT2D eigenvalue weighted by molar-refractivity contribution is 6.31. The lowest BCUT2D eigenvalue weighted by Gasteiger charge is -2.11. The fourth-order valence-electron chi connectivity index (χ4n) is 2.34. The molecular formula is C17H14Cl2N2O2. The van der Waals surface area contributed by atoms with Gasteiger partial charge in [0.1, 0.15) is 17.4 Å². The Hall–Kier alpha value is -2.17. The smallest absolute Gasteiger partial charge is 0.290 e. The summed E-state index contributed by atoms with van der Waals surface area (Å²) in [6.45, 7) is 0.171. The third kappa shape index (κ3) is 3.14. The van der Waals surface area contributed by atoms with Crippen LogP contribution in [0.2, 0.25) is 10.0 Å². The first-order valence-electron chi connectivity index (χ1n) is 6.98. The van der Waals surface area contributed by atoms with E-state index in [4.69, 9.17) is 27.9 Å². The molecule has 0 bridgehead atoms. The van der Waals surface area contributed by atoms with E-state index in [1.807, 2.05) is 30.3 Å². The third-order valence-electron chi connectivity index (χ3n) is 3.50. The van der Waals surface area contributed by atoms with Crippen LogP contribution in [0.25, 0.3) is 5.69 Å². The fraction of sp³-hybridized carbons (Fsp3) is 0.118. The van der Waals surface area contributed by atoms with Gasteiger partial charge in [0.2, 0.25) is 0 Å². The van der Waals surface area contributed by atoms with E-state index in [0.29, 0.717) is 16.5 Å². The zero-order chi connectivity index (χ0) is 16.4. The molecule has 6 heteroatoms. The Morgan fingerprint density at radius 1 is 1.04 bits per heavy atom. The number of aromatic nitrogens is 2. The van der Waals surface area contributed by atoms with Crippen molar-refractivity contribution >= 4 is 23.2 Å². The molecule has 1 heterocycles. The van der Waals surface area contributed by atoms with E-state index in [9.17, 15) is 4.79 Å². The highest BCUT2D eigenvalue weighted by atomic mass is 35.5. The number of nitrogens with zero attached hydrogens (tertiary/aromatic N) is 2. The number of para-hydroxylation sites is 1. The average Bonchev–Trinajstić information content (AvgIpc) is 2.76. The maximum absolute atomic E-state index is 12.4. The number of ether oxygens (including phenoxy) is 1. The normalized spacial score (nSPS) is 10.7. The summed E-state index contributed by atoms with van der Waals surface area (Å²) in [6, 6.07) is 16.4. The first-order valence-corrected chi connectivity index (χ1v) is 7.73. The minimum Gasteiger partial charge on any atom is -0.487 e. The molecule has 0 aliphatic heterocycles. The van der Waals surface area contributed by atoms with Gasteiger partial charge in [0.15, 0.2) is 0 Å². The zero-order valence-electron chi connectivity index (χ0n) is 12.4. The Morgan fingerprint density at radius 2 is 1.78 bits per heavy atom. The summed E-state index contributed by atoms with van der Waals surface area (Å²) < 4.78 is 8.91. The highest BCUT2D eigenvalue weighted by Gasteiger charge is 2.17. The van der Waals surface area contributed by atoms with Crippen LogP contribution >= 0.6 is 23.2 Å². The molecule has 0 saturated heterocycles. The third-order valence-corrected chi connectivity index (χ3v) is 4.11. The second-order valence-corrected chi connectivity index (χ2v) is 5.80. The van der Waals surface area contributed by atoms with E-state index in [-0.39, 0.29) is 17.2 Å². The minimum atomic E-state index is -0.273. The topological polar surface area (TPSA) is 36.2 Å². The van der Waals surface area contributed by atoms with E-state index < -0.39 is 0 Å². The summed E-state index contributed by atoms with van der Waals surface area (Å²) in [4.78, 5) is 12.4. The number of benzene rings is 2. The maximum atomic E-state index is 12.4. The first-order chi connectivity index (χ1) is 11.1. The van der Waals surface area contributed by atoms with Gasteiger partial charge in [0.05, 0.1) is 11.4 Å². The SMILES string of the molecule is Cn1c(COc2cccc(Cl)c2)c(Cl)c(=O)n1-c1ccccc1. The van der Waals surface area contributed by atoms with Crippen LogP contribution in [0.1, 0.15) is 5.69 Å². The number of hydrogen-bond donors (Lipinski definition) is 0. The standard InChI is InChI=1S/C17H14Cl2N2O2/c1-20-15(11-23-14-9-5-6-12(18)10-14)16(19)17(22)21(20)13-7-3-2-4-8-13/h2-10H,11H2,1H3. The van der Waals surface area contributed by atoms with Crippen LogP contribution in [0.15, 0.2) is 59.4 Å². The second-order valence-electron chi connectivity index (χ2n) is 4.98. The van der Waals surface area contributed by atoms with Crippen molar-refractivity contribution < 1.29 is 4.74 Å². The molecule has 0 spiro atoms. The Bertz CT molecular complexity index is 885. The Kier molecular flexibility index (Phi) is 4.46. The van der Waals surface area contributed by atoms with E-state index in [2.05, 4.69) is 0 Å². The van der Waals surface area contributed by atoms with Gasteiger partial charge in [-0.2, -0.15) is 0 Å². The van der Waals surface area contributed by atoms with Crippen molar-refractivity contribution in [2.75, 3.05) is 0 Å². The predicted octanol–water partition coefficient (Wildman–Crippen LogP) is 4.06. The van der Waals surface area contributed by atoms with Crippen molar-refractivity contribution in [2.45, 2.75) is 6.61 Å². The summed E-state index contributed by atoms with van der Waals surface area (Å²) in [5.74, 6) is 0.619. The molecule has 0 aliphatic rings. The lowest BCUT2D eigenvalue weighted by atomic mass is 10.3. The van der Waals surface area contributed by atoms with Gasteiger partial charge >= 0.3 is 0 Å². The minimum absolute atomic E-state index is 0.151. The zero-order valence-corrected chi connectivity index (χ0v) is 13.9. The summed E-state index contributed by atoms with van der Waals surface area (Å²) in [7, 11) is 1.77. The van der Waals surface area contributed by atoms with Crippen LogP contribution in [-0.4, -0.2) is 9.36 Å². The van der Waals surface area contributed by atoms with Gasteiger partial charge < -0.3 is 4.74 Å². The molecule has 0 unspecified atom stereocenters. The van der Waals surface area contributed by atoms with Gasteiger partial charge in [0.25, 0.3) is 5.56 Å². The average molecular weight is 349 g/mol. The quantitative estimate of drug-likeness (QED) is 0.712. The van der Waals surface area contributed by atoms with Gasteiger partial charge in [-0.1, -0.05) is 47.5 Å². The van der Waals surface area contributed by atoms with E-state index in [1.165, 1.54) is 4.68 Å². The molecule has 0 saturated carbocycles. The summed E-state index contributed by atoms with van der Waals surface area (Å²) >= 11 is 12.1. The molecule has 3 aromatic rings. The van der Waals surface area contributed by atoms with Crippen LogP contribution in [0, 0.1) is 0 Å². The van der Waals surface area contributed by atoms with Crippen molar-refractivity contribution in [3.63, 3.8) is 0 Å². The molecule has 0 atom stereocenters. The van der Waals surface area contributed by atoms with Crippen LogP contribution in [-0.2, 0) is 13.7 Å². The van der Waals surface area contributed by atoms with Crippen LogP contribution in [0.5, 0.6) is 5.75 Å². The van der Waals surface area contributed by atoms with Crippen molar-refractivity contribution in [1.29, 1.82) is 0 Å². The molecular weight excluding hydrogens is 335 g/mol. The highest BCUT2D eigenvalue weighted by Crippen LogP contribution is 2.21. The largest absolute Gasteiger partial charge is 0.487 e. The van der Waals surface area contributed by atoms with Crippen LogP contribution < -0.4 is 10.3 Å². The first kappa shape index (κ1) is 15.7. The maximum Gasteiger partial charge on any atom is 0.290 e. The molecule has 0 N–H and O–H groups in total. The van der Waals surface area contributed by atoms with E-state index in [0.717, 1.165) is 5.69 Å². The van der Waals surface area contributed by atoms with Crippen LogP contribution in [0.3, 0.4) is 0 Å². The Balaban J connectivity index is 1.93. The molecule has 2 aromatic carbocycles. The molecule has 3 rings (SSSR count). The molecule has 23 heavy (non-hydrogen) atoms. The molecule has 4 nitrogen and oxygen atoms in total. The fourth-order valence-corrected chi connectivity index (χ4v) is 2.78. The molecule has 0 radical (unpaired) electrons. The van der Waals surface area contributed by atoms with Gasteiger partial charge in [-0.25, -0.2) is 4.68 Å². The van der Waals surface area contributed by atoms with E-state index in [1.54, 1.807) is 36.0 Å². The second kappa shape index (κ2) is 6.52. The lowest BCUT2D eigenvalue weighted by Crippen LogP contribution is -2.19. The van der Waals surface area contributed by atoms with Crippen molar-refractivity contribution in [3.05, 3.63) is 80.7 Å². The molecule has 0 aliphatic carbocycles. The molecule has 0 fully saturated rings. The Labute approximate surface area is 143 Å². The number of rotatable bonds is 4. The predicted molar refractivity (Wildman–Crippen MR) is 91.8 cm³/mol. The van der Waals surface area contributed by atoms with E-state index >= 15 is 0 Å². The molecule has 1 aromatic heterocycles. The van der Waals surface area contributed by atoms with Crippen molar-refractivity contribution in [1.82, 2.24) is 9.36 Å². The van der Waals surface area contributed by atoms with Gasteiger partial charge in [-0.3, -0.25) is 9.48 Å². The molecule has 0 amide bonds. The number of halogens is 2. The lowest BCUT2D eigenvalue weighted by molar-refractivity contribution is 0.293. The van der Waals surface area contributed by atoms with Crippen LogP contribution in [0.4, 0.5) is 0 Å². The summed E-state index contributed by atoms with van der Waals surface area (Å²) in [5.41, 5.74) is 1.07.